The van der Waals surface area contributed by atoms with E-state index >= 15 is 0 Å². The summed E-state index contributed by atoms with van der Waals surface area (Å²) in [6, 6.07) is 4.00. The maximum absolute atomic E-state index is 10.9. The molecule has 0 aromatic carbocycles. The van der Waals surface area contributed by atoms with Gasteiger partial charge in [0.25, 0.3) is 0 Å². The second-order valence-corrected chi connectivity index (χ2v) is 4.97. The Hall–Kier alpha value is -1.05. The number of rotatable bonds is 5. The molecular formula is C13H21NO. The van der Waals surface area contributed by atoms with Crippen molar-refractivity contribution in [2.45, 2.75) is 40.7 Å². The largest absolute Gasteiger partial charge is 0.342 e. The number of aldehydes is 1. The van der Waals surface area contributed by atoms with Gasteiger partial charge in [0.15, 0.2) is 6.29 Å². The van der Waals surface area contributed by atoms with Gasteiger partial charge in [0.1, 0.15) is 0 Å². The van der Waals surface area contributed by atoms with Crippen molar-refractivity contribution in [3.05, 3.63) is 23.5 Å². The fourth-order valence-corrected chi connectivity index (χ4v) is 1.81. The lowest BCUT2D eigenvalue weighted by Crippen LogP contribution is -2.12. The third kappa shape index (κ3) is 3.22. The molecule has 0 N–H and O–H groups in total. The maximum atomic E-state index is 10.9. The summed E-state index contributed by atoms with van der Waals surface area (Å²) in [5.41, 5.74) is 2.08. The van der Waals surface area contributed by atoms with Crippen molar-refractivity contribution in [1.29, 1.82) is 0 Å². The van der Waals surface area contributed by atoms with Gasteiger partial charge >= 0.3 is 0 Å². The quantitative estimate of drug-likeness (QED) is 0.680. The highest BCUT2D eigenvalue weighted by atomic mass is 16.1. The molecule has 0 aliphatic heterocycles. The molecule has 1 rings (SSSR count). The first-order chi connectivity index (χ1) is 7.04. The lowest BCUT2D eigenvalue weighted by Gasteiger charge is -2.14. The molecule has 0 aliphatic rings. The first-order valence-electron chi connectivity index (χ1n) is 5.68. The van der Waals surface area contributed by atoms with Crippen molar-refractivity contribution in [3.63, 3.8) is 0 Å². The van der Waals surface area contributed by atoms with E-state index in [9.17, 15) is 4.79 Å². The highest BCUT2D eigenvalue weighted by Gasteiger charge is 2.09. The summed E-state index contributed by atoms with van der Waals surface area (Å²) in [6.45, 7) is 9.69. The molecule has 1 aromatic heterocycles. The van der Waals surface area contributed by atoms with Gasteiger partial charge < -0.3 is 4.57 Å². The van der Waals surface area contributed by atoms with Crippen LogP contribution in [0, 0.1) is 11.8 Å². The number of hydrogen-bond donors (Lipinski definition) is 0. The van der Waals surface area contributed by atoms with E-state index in [4.69, 9.17) is 0 Å². The molecular weight excluding hydrogens is 186 g/mol. The zero-order chi connectivity index (χ0) is 11.4. The minimum atomic E-state index is 0.571. The molecule has 1 aromatic rings. The van der Waals surface area contributed by atoms with Crippen LogP contribution >= 0.6 is 0 Å². The Bertz CT molecular complexity index is 323. The average Bonchev–Trinajstić information content (AvgIpc) is 2.47. The molecule has 2 heteroatoms. The second kappa shape index (κ2) is 5.15. The van der Waals surface area contributed by atoms with Crippen LogP contribution in [-0.2, 0) is 13.0 Å². The standard InChI is InChI=1S/C13H21NO/c1-10(2)7-12-5-6-13(9-15)14(12)8-11(3)4/h5-6,9-11H,7-8H2,1-4H3. The monoisotopic (exact) mass is 207 g/mol. The summed E-state index contributed by atoms with van der Waals surface area (Å²) in [7, 11) is 0. The predicted molar refractivity (Wildman–Crippen MR) is 63.2 cm³/mol. The Kier molecular flexibility index (Phi) is 4.13. The molecule has 0 amide bonds. The summed E-state index contributed by atoms with van der Waals surface area (Å²) in [4.78, 5) is 10.9. The average molecular weight is 207 g/mol. The van der Waals surface area contributed by atoms with Crippen LogP contribution in [-0.4, -0.2) is 10.9 Å². The van der Waals surface area contributed by atoms with Crippen molar-refractivity contribution >= 4 is 6.29 Å². The lowest BCUT2D eigenvalue weighted by atomic mass is 10.1. The van der Waals surface area contributed by atoms with Crippen LogP contribution in [0.2, 0.25) is 0 Å². The molecule has 0 atom stereocenters. The third-order valence-corrected chi connectivity index (χ3v) is 2.39. The zero-order valence-electron chi connectivity index (χ0n) is 10.2. The van der Waals surface area contributed by atoms with Gasteiger partial charge in [0.2, 0.25) is 0 Å². The zero-order valence-corrected chi connectivity index (χ0v) is 10.2. The number of hydrogen-bond acceptors (Lipinski definition) is 1. The van der Waals surface area contributed by atoms with Crippen molar-refractivity contribution in [1.82, 2.24) is 4.57 Å². The van der Waals surface area contributed by atoms with Crippen LogP contribution in [0.4, 0.5) is 0 Å². The third-order valence-electron chi connectivity index (χ3n) is 2.39. The first kappa shape index (κ1) is 12.0. The summed E-state index contributed by atoms with van der Waals surface area (Å²) in [5.74, 6) is 1.20. The van der Waals surface area contributed by atoms with Crippen molar-refractivity contribution < 1.29 is 4.79 Å². The topological polar surface area (TPSA) is 22.0 Å². The SMILES string of the molecule is CC(C)Cc1ccc(C=O)n1CC(C)C. The fraction of sp³-hybridized carbons (Fsp3) is 0.615. The molecule has 0 aliphatic carbocycles. The van der Waals surface area contributed by atoms with E-state index in [0.29, 0.717) is 11.8 Å². The van der Waals surface area contributed by atoms with E-state index in [-0.39, 0.29) is 0 Å². The van der Waals surface area contributed by atoms with Gasteiger partial charge in [0, 0.05) is 12.2 Å². The van der Waals surface area contributed by atoms with Gasteiger partial charge in [-0.3, -0.25) is 4.79 Å². The Labute approximate surface area is 92.3 Å². The fourth-order valence-electron chi connectivity index (χ4n) is 1.81. The van der Waals surface area contributed by atoms with Crippen LogP contribution in [0.5, 0.6) is 0 Å². The highest BCUT2D eigenvalue weighted by Crippen LogP contribution is 2.14. The van der Waals surface area contributed by atoms with Gasteiger partial charge in [-0.25, -0.2) is 0 Å². The van der Waals surface area contributed by atoms with E-state index in [2.05, 4.69) is 38.3 Å². The van der Waals surface area contributed by atoms with Crippen molar-refractivity contribution in [2.75, 3.05) is 0 Å². The van der Waals surface area contributed by atoms with Gasteiger partial charge in [-0.05, 0) is 30.4 Å². The van der Waals surface area contributed by atoms with E-state index < -0.39 is 0 Å². The molecule has 0 spiro atoms. The normalized spacial score (nSPS) is 11.3. The molecule has 84 valence electrons. The molecule has 1 heterocycles. The smallest absolute Gasteiger partial charge is 0.166 e. The van der Waals surface area contributed by atoms with Crippen molar-refractivity contribution in [3.8, 4) is 0 Å². The van der Waals surface area contributed by atoms with E-state index in [1.165, 1.54) is 5.69 Å². The summed E-state index contributed by atoms with van der Waals surface area (Å²) >= 11 is 0. The number of carbonyl (C=O) groups excluding carboxylic acids is 1. The highest BCUT2D eigenvalue weighted by molar-refractivity contribution is 5.72. The molecule has 0 bridgehead atoms. The molecule has 0 unspecified atom stereocenters. The summed E-state index contributed by atoms with van der Waals surface area (Å²) in [6.07, 6.45) is 1.99. The van der Waals surface area contributed by atoms with E-state index in [1.807, 2.05) is 6.07 Å². The number of carbonyl (C=O) groups is 1. The van der Waals surface area contributed by atoms with Crippen molar-refractivity contribution in [2.24, 2.45) is 11.8 Å². The first-order valence-corrected chi connectivity index (χ1v) is 5.68. The molecule has 0 radical (unpaired) electrons. The van der Waals surface area contributed by atoms with E-state index in [0.717, 1.165) is 24.9 Å². The minimum absolute atomic E-state index is 0.571. The van der Waals surface area contributed by atoms with Crippen LogP contribution in [0.3, 0.4) is 0 Å². The minimum Gasteiger partial charge on any atom is -0.342 e. The maximum Gasteiger partial charge on any atom is 0.166 e. The molecule has 15 heavy (non-hydrogen) atoms. The Balaban J connectivity index is 2.94. The van der Waals surface area contributed by atoms with Gasteiger partial charge in [-0.15, -0.1) is 0 Å². The Morgan fingerprint density at radius 2 is 1.87 bits per heavy atom. The summed E-state index contributed by atoms with van der Waals surface area (Å²) in [5, 5.41) is 0. The molecule has 0 saturated heterocycles. The van der Waals surface area contributed by atoms with Gasteiger partial charge in [-0.1, -0.05) is 27.7 Å². The van der Waals surface area contributed by atoms with Crippen LogP contribution in [0.25, 0.3) is 0 Å². The Morgan fingerprint density at radius 1 is 1.20 bits per heavy atom. The van der Waals surface area contributed by atoms with Gasteiger partial charge in [-0.2, -0.15) is 0 Å². The summed E-state index contributed by atoms with van der Waals surface area (Å²) < 4.78 is 2.15. The number of nitrogens with zero attached hydrogens (tertiary/aromatic N) is 1. The molecule has 2 nitrogen and oxygen atoms in total. The van der Waals surface area contributed by atoms with Crippen LogP contribution < -0.4 is 0 Å². The van der Waals surface area contributed by atoms with Gasteiger partial charge in [0.05, 0.1) is 5.69 Å². The second-order valence-electron chi connectivity index (χ2n) is 4.97. The molecule has 0 saturated carbocycles. The van der Waals surface area contributed by atoms with E-state index in [1.54, 1.807) is 0 Å². The lowest BCUT2D eigenvalue weighted by molar-refractivity contribution is 0.111. The van der Waals surface area contributed by atoms with Crippen LogP contribution in [0.1, 0.15) is 43.9 Å². The predicted octanol–water partition coefficient (Wildman–Crippen LogP) is 3.16. The van der Waals surface area contributed by atoms with Crippen LogP contribution in [0.15, 0.2) is 12.1 Å². The molecule has 0 fully saturated rings. The Morgan fingerprint density at radius 3 is 2.33 bits per heavy atom. The number of aromatic nitrogens is 1.